The maximum Gasteiger partial charge on any atom is -0.0216 e. The molecule has 0 radical (unpaired) electrons. The van der Waals surface area contributed by atoms with E-state index < -0.39 is 0 Å². The maximum atomic E-state index is 3.83. The lowest BCUT2D eigenvalue weighted by Gasteiger charge is -2.15. The van der Waals surface area contributed by atoms with Crippen LogP contribution in [0.3, 0.4) is 0 Å². The monoisotopic (exact) mass is 196 g/mol. The Balaban J connectivity index is -0.000000605. The number of hydrogen-bond acceptors (Lipinski definition) is 0. The molecule has 0 unspecified atom stereocenters. The van der Waals surface area contributed by atoms with Crippen molar-refractivity contribution in [1.82, 2.24) is 0 Å². The van der Waals surface area contributed by atoms with Gasteiger partial charge in [0.15, 0.2) is 0 Å². The molecule has 0 saturated carbocycles. The molecular formula is C14H28. The summed E-state index contributed by atoms with van der Waals surface area (Å²) < 4.78 is 0. The van der Waals surface area contributed by atoms with Gasteiger partial charge in [0.05, 0.1) is 0 Å². The van der Waals surface area contributed by atoms with Crippen LogP contribution >= 0.6 is 0 Å². The van der Waals surface area contributed by atoms with Crippen molar-refractivity contribution >= 4 is 0 Å². The molecule has 0 fully saturated rings. The van der Waals surface area contributed by atoms with Crippen LogP contribution in [0, 0.1) is 11.8 Å². The van der Waals surface area contributed by atoms with E-state index in [-0.39, 0.29) is 14.9 Å². The topological polar surface area (TPSA) is 0 Å². The van der Waals surface area contributed by atoms with Gasteiger partial charge in [-0.3, -0.25) is 0 Å². The quantitative estimate of drug-likeness (QED) is 0.539. The summed E-state index contributed by atoms with van der Waals surface area (Å²) in [5.74, 6) is 1.08. The van der Waals surface area contributed by atoms with Gasteiger partial charge in [-0.15, -0.1) is 0 Å². The van der Waals surface area contributed by atoms with Gasteiger partial charge >= 0.3 is 0 Å². The highest BCUT2D eigenvalue weighted by atomic mass is 14.1. The van der Waals surface area contributed by atoms with Crippen molar-refractivity contribution in [3.8, 4) is 0 Å². The summed E-state index contributed by atoms with van der Waals surface area (Å²) in [5, 5.41) is 0. The van der Waals surface area contributed by atoms with E-state index in [1.807, 2.05) is 12.2 Å². The Hall–Kier alpha value is -0.780. The Morgan fingerprint density at radius 1 is 0.786 bits per heavy atom. The summed E-state index contributed by atoms with van der Waals surface area (Å²) in [6.45, 7) is 16.4. The van der Waals surface area contributed by atoms with Crippen LogP contribution in [0.1, 0.15) is 42.5 Å². The smallest absolute Gasteiger partial charge is 0.0216 e. The highest BCUT2D eigenvalue weighted by Gasteiger charge is 2.07. The van der Waals surface area contributed by atoms with Crippen LogP contribution in [-0.2, 0) is 0 Å². The van der Waals surface area contributed by atoms with Crippen molar-refractivity contribution in [3.05, 3.63) is 36.5 Å². The number of rotatable bonds is 4. The molecule has 0 saturated heterocycles. The van der Waals surface area contributed by atoms with E-state index in [0.29, 0.717) is 11.8 Å². The van der Waals surface area contributed by atoms with E-state index in [0.717, 1.165) is 0 Å². The minimum atomic E-state index is 0. The first kappa shape index (κ1) is 18.9. The predicted octanol–water partition coefficient (Wildman–Crippen LogP) is 5.24. The lowest BCUT2D eigenvalue weighted by atomic mass is 9.91. The minimum Gasteiger partial charge on any atom is -0.0988 e. The van der Waals surface area contributed by atoms with Gasteiger partial charge in [0, 0.05) is 0 Å². The van der Waals surface area contributed by atoms with Crippen molar-refractivity contribution in [2.45, 2.75) is 42.5 Å². The first-order valence-electron chi connectivity index (χ1n) is 4.53. The highest BCUT2D eigenvalue weighted by molar-refractivity contribution is 5.33. The minimum absolute atomic E-state index is 0. The lowest BCUT2D eigenvalue weighted by Crippen LogP contribution is -2.00. The molecule has 0 bridgehead atoms. The standard InChI is InChI=1S/C12H20.2CH4/c1-7-11(9(3)4)12(8-2)10(5)6;;/h7-10H,1-2H2,3-6H3;2*1H4/b12-11-;;. The van der Waals surface area contributed by atoms with Crippen molar-refractivity contribution in [1.29, 1.82) is 0 Å². The largest absolute Gasteiger partial charge is 0.0988 e. The van der Waals surface area contributed by atoms with Crippen LogP contribution in [-0.4, -0.2) is 0 Å². The maximum absolute atomic E-state index is 3.83. The third kappa shape index (κ3) is 5.06. The third-order valence-electron chi connectivity index (χ3n) is 2.02. The average Bonchev–Trinajstić information content (AvgIpc) is 1.98. The van der Waals surface area contributed by atoms with Crippen LogP contribution < -0.4 is 0 Å². The molecule has 0 atom stereocenters. The van der Waals surface area contributed by atoms with Crippen LogP contribution in [0.4, 0.5) is 0 Å². The fraction of sp³-hybridized carbons (Fsp3) is 0.571. The summed E-state index contributed by atoms with van der Waals surface area (Å²) in [6.07, 6.45) is 3.89. The van der Waals surface area contributed by atoms with Gasteiger partial charge in [-0.1, -0.05) is 67.9 Å². The summed E-state index contributed by atoms with van der Waals surface area (Å²) in [7, 11) is 0. The molecule has 0 heterocycles. The molecule has 0 aromatic heterocycles. The second-order valence-electron chi connectivity index (χ2n) is 3.63. The normalized spacial score (nSPS) is 11.3. The predicted molar refractivity (Wildman–Crippen MR) is 70.6 cm³/mol. The zero-order chi connectivity index (χ0) is 9.72. The van der Waals surface area contributed by atoms with Crippen molar-refractivity contribution in [3.63, 3.8) is 0 Å². The van der Waals surface area contributed by atoms with Gasteiger partial charge in [0.1, 0.15) is 0 Å². The molecule has 0 amide bonds. The Bertz CT molecular complexity index is 170. The van der Waals surface area contributed by atoms with Gasteiger partial charge in [-0.05, 0) is 23.0 Å². The first-order valence-corrected chi connectivity index (χ1v) is 4.53. The number of allylic oxidation sites excluding steroid dienone is 4. The molecule has 0 aliphatic rings. The Morgan fingerprint density at radius 3 is 1.07 bits per heavy atom. The molecule has 0 rings (SSSR count). The molecule has 0 N–H and O–H groups in total. The first-order chi connectivity index (χ1) is 5.54. The second-order valence-corrected chi connectivity index (χ2v) is 3.63. The molecule has 14 heavy (non-hydrogen) atoms. The lowest BCUT2D eigenvalue weighted by molar-refractivity contribution is 0.723. The van der Waals surface area contributed by atoms with E-state index in [1.54, 1.807) is 0 Å². The molecule has 0 nitrogen and oxygen atoms in total. The van der Waals surface area contributed by atoms with Crippen LogP contribution in [0.5, 0.6) is 0 Å². The molecule has 0 heteroatoms. The van der Waals surface area contributed by atoms with E-state index in [4.69, 9.17) is 0 Å². The zero-order valence-electron chi connectivity index (χ0n) is 8.72. The Labute approximate surface area is 91.4 Å². The number of hydrogen-bond donors (Lipinski definition) is 0. The van der Waals surface area contributed by atoms with Crippen molar-refractivity contribution in [2.24, 2.45) is 11.8 Å². The Morgan fingerprint density at radius 2 is 1.00 bits per heavy atom. The van der Waals surface area contributed by atoms with Crippen molar-refractivity contribution < 1.29 is 0 Å². The summed E-state index contributed by atoms with van der Waals surface area (Å²) in [4.78, 5) is 0. The molecule has 0 aromatic carbocycles. The molecular weight excluding hydrogens is 168 g/mol. The fourth-order valence-corrected chi connectivity index (χ4v) is 1.37. The summed E-state index contributed by atoms with van der Waals surface area (Å²) in [5.41, 5.74) is 2.64. The zero-order valence-corrected chi connectivity index (χ0v) is 8.72. The molecule has 0 aromatic rings. The van der Waals surface area contributed by atoms with Crippen molar-refractivity contribution in [2.75, 3.05) is 0 Å². The molecule has 0 spiro atoms. The molecule has 84 valence electrons. The van der Waals surface area contributed by atoms with E-state index in [2.05, 4.69) is 40.9 Å². The third-order valence-corrected chi connectivity index (χ3v) is 2.02. The second kappa shape index (κ2) is 8.80. The van der Waals surface area contributed by atoms with E-state index in [9.17, 15) is 0 Å². The van der Waals surface area contributed by atoms with E-state index in [1.165, 1.54) is 11.1 Å². The van der Waals surface area contributed by atoms with Gasteiger partial charge in [0.25, 0.3) is 0 Å². The van der Waals surface area contributed by atoms with Gasteiger partial charge in [-0.2, -0.15) is 0 Å². The van der Waals surface area contributed by atoms with Gasteiger partial charge < -0.3 is 0 Å². The Kier molecular flexibility index (Phi) is 11.9. The fourth-order valence-electron chi connectivity index (χ4n) is 1.37. The van der Waals surface area contributed by atoms with E-state index >= 15 is 0 Å². The van der Waals surface area contributed by atoms with Gasteiger partial charge in [0.2, 0.25) is 0 Å². The average molecular weight is 196 g/mol. The SMILES string of the molecule is C.C.C=C/C(=C(\C=C)C(C)C)C(C)C. The van der Waals surface area contributed by atoms with Crippen LogP contribution in [0.2, 0.25) is 0 Å². The highest BCUT2D eigenvalue weighted by Crippen LogP contribution is 2.22. The molecule has 0 aliphatic heterocycles. The van der Waals surface area contributed by atoms with Gasteiger partial charge in [-0.25, -0.2) is 0 Å². The summed E-state index contributed by atoms with van der Waals surface area (Å²) in [6, 6.07) is 0. The van der Waals surface area contributed by atoms with Crippen LogP contribution in [0.15, 0.2) is 36.5 Å². The van der Waals surface area contributed by atoms with Crippen LogP contribution in [0.25, 0.3) is 0 Å². The summed E-state index contributed by atoms with van der Waals surface area (Å²) >= 11 is 0. The molecule has 0 aliphatic carbocycles.